The highest BCUT2D eigenvalue weighted by atomic mass is 16.5. The molecular formula is C16H22N4O4. The minimum Gasteiger partial charge on any atom is -0.394 e. The van der Waals surface area contributed by atoms with Gasteiger partial charge in [0, 0.05) is 12.0 Å². The van der Waals surface area contributed by atoms with Gasteiger partial charge in [-0.05, 0) is 0 Å². The molecule has 130 valence electrons. The Morgan fingerprint density at radius 3 is 1.92 bits per heavy atom. The molecule has 0 saturated carbocycles. The normalized spacial score (nSPS) is 10.9. The summed E-state index contributed by atoms with van der Waals surface area (Å²) in [6.45, 7) is 2.79. The number of rotatable bonds is 12. The standard InChI is InChI=1S/C16H22N4O4/c21-7-9-23-11-13-24-12-10-22-8-6-15-17-19-16(20-18-15)14-4-2-1-3-5-14/h1-5,21H,6-13H2. The fourth-order valence-corrected chi connectivity index (χ4v) is 1.82. The quantitative estimate of drug-likeness (QED) is 0.561. The molecule has 8 nitrogen and oxygen atoms in total. The van der Waals surface area contributed by atoms with E-state index in [1.54, 1.807) is 0 Å². The van der Waals surface area contributed by atoms with E-state index in [2.05, 4.69) is 20.4 Å². The molecule has 0 saturated heterocycles. The van der Waals surface area contributed by atoms with Gasteiger partial charge in [0.25, 0.3) is 0 Å². The van der Waals surface area contributed by atoms with E-state index in [1.807, 2.05) is 30.3 Å². The van der Waals surface area contributed by atoms with Gasteiger partial charge in [-0.3, -0.25) is 0 Å². The van der Waals surface area contributed by atoms with Crippen LogP contribution in [0.4, 0.5) is 0 Å². The molecule has 0 aliphatic rings. The van der Waals surface area contributed by atoms with Crippen molar-refractivity contribution in [2.75, 3.05) is 46.2 Å². The molecule has 8 heteroatoms. The summed E-state index contributed by atoms with van der Waals surface area (Å²) in [6.07, 6.45) is 0.550. The number of benzene rings is 1. The van der Waals surface area contributed by atoms with Gasteiger partial charge in [0.1, 0.15) is 0 Å². The van der Waals surface area contributed by atoms with E-state index >= 15 is 0 Å². The molecule has 1 N–H and O–H groups in total. The number of hydrogen-bond acceptors (Lipinski definition) is 8. The molecule has 0 spiro atoms. The first-order valence-corrected chi connectivity index (χ1v) is 7.86. The van der Waals surface area contributed by atoms with Gasteiger partial charge in [-0.1, -0.05) is 30.3 Å². The van der Waals surface area contributed by atoms with Crippen molar-refractivity contribution in [1.82, 2.24) is 20.4 Å². The van der Waals surface area contributed by atoms with E-state index in [1.165, 1.54) is 0 Å². The Balaban J connectivity index is 1.55. The molecule has 1 heterocycles. The molecule has 0 amide bonds. The third kappa shape index (κ3) is 7.05. The Bertz CT molecular complexity index is 554. The molecular weight excluding hydrogens is 312 g/mol. The minimum absolute atomic E-state index is 0.0290. The second-order valence-electron chi connectivity index (χ2n) is 4.82. The molecule has 1 aromatic carbocycles. The third-order valence-corrected chi connectivity index (χ3v) is 3.00. The molecule has 0 unspecified atom stereocenters. The number of aromatic nitrogens is 4. The summed E-state index contributed by atoms with van der Waals surface area (Å²) in [4.78, 5) is 0. The van der Waals surface area contributed by atoms with Crippen LogP contribution in [0.5, 0.6) is 0 Å². The first-order valence-electron chi connectivity index (χ1n) is 7.86. The Hall–Kier alpha value is -2.00. The zero-order chi connectivity index (χ0) is 16.9. The third-order valence-electron chi connectivity index (χ3n) is 3.00. The van der Waals surface area contributed by atoms with Gasteiger partial charge in [-0.25, -0.2) is 0 Å². The van der Waals surface area contributed by atoms with Gasteiger partial charge in [-0.15, -0.1) is 20.4 Å². The first kappa shape index (κ1) is 18.3. The van der Waals surface area contributed by atoms with Crippen molar-refractivity contribution in [3.05, 3.63) is 36.2 Å². The molecule has 0 bridgehead atoms. The molecule has 2 aromatic rings. The summed E-state index contributed by atoms with van der Waals surface area (Å²) in [6, 6.07) is 9.59. The van der Waals surface area contributed by atoms with E-state index in [0.717, 1.165) is 5.56 Å². The Morgan fingerprint density at radius 2 is 1.29 bits per heavy atom. The van der Waals surface area contributed by atoms with Crippen LogP contribution in [-0.4, -0.2) is 71.7 Å². The average molecular weight is 334 g/mol. The first-order chi connectivity index (χ1) is 11.9. The van der Waals surface area contributed by atoms with Crippen molar-refractivity contribution in [2.45, 2.75) is 6.42 Å². The van der Waals surface area contributed by atoms with Gasteiger partial charge in [-0.2, -0.15) is 0 Å². The lowest BCUT2D eigenvalue weighted by Crippen LogP contribution is -2.12. The van der Waals surface area contributed by atoms with Crippen molar-refractivity contribution >= 4 is 0 Å². The van der Waals surface area contributed by atoms with Crippen LogP contribution in [0.15, 0.2) is 30.3 Å². The van der Waals surface area contributed by atoms with Crippen LogP contribution in [0.2, 0.25) is 0 Å². The monoisotopic (exact) mass is 334 g/mol. The van der Waals surface area contributed by atoms with Gasteiger partial charge >= 0.3 is 0 Å². The lowest BCUT2D eigenvalue weighted by Gasteiger charge is -2.05. The summed E-state index contributed by atoms with van der Waals surface area (Å²) in [7, 11) is 0. The van der Waals surface area contributed by atoms with Crippen molar-refractivity contribution in [2.24, 2.45) is 0 Å². The minimum atomic E-state index is 0.0290. The van der Waals surface area contributed by atoms with E-state index in [-0.39, 0.29) is 6.61 Å². The molecule has 0 aliphatic heterocycles. The molecule has 2 rings (SSSR count). The van der Waals surface area contributed by atoms with E-state index in [9.17, 15) is 0 Å². The Labute approximate surface area is 140 Å². The van der Waals surface area contributed by atoms with Crippen LogP contribution in [0, 0.1) is 0 Å². The maximum Gasteiger partial charge on any atom is 0.203 e. The zero-order valence-electron chi connectivity index (χ0n) is 13.5. The molecule has 0 fully saturated rings. The summed E-state index contributed by atoms with van der Waals surface area (Å²) >= 11 is 0. The van der Waals surface area contributed by atoms with Crippen molar-refractivity contribution in [3.8, 4) is 11.4 Å². The Morgan fingerprint density at radius 1 is 0.708 bits per heavy atom. The van der Waals surface area contributed by atoms with Gasteiger partial charge in [0.05, 0.1) is 46.2 Å². The van der Waals surface area contributed by atoms with Crippen LogP contribution in [0.1, 0.15) is 5.82 Å². The topological polar surface area (TPSA) is 99.5 Å². The molecule has 1 aromatic heterocycles. The van der Waals surface area contributed by atoms with Crippen molar-refractivity contribution in [1.29, 1.82) is 0 Å². The highest BCUT2D eigenvalue weighted by Crippen LogP contribution is 2.10. The predicted octanol–water partition coefficient (Wildman–Crippen LogP) is 0.518. The van der Waals surface area contributed by atoms with Crippen molar-refractivity contribution in [3.63, 3.8) is 0 Å². The summed E-state index contributed by atoms with van der Waals surface area (Å²) in [5, 5.41) is 24.8. The highest BCUT2D eigenvalue weighted by Gasteiger charge is 2.04. The van der Waals surface area contributed by atoms with Gasteiger partial charge < -0.3 is 19.3 Å². The predicted molar refractivity (Wildman–Crippen MR) is 86.3 cm³/mol. The fourth-order valence-electron chi connectivity index (χ4n) is 1.82. The summed E-state index contributed by atoms with van der Waals surface area (Å²) in [5.74, 6) is 1.06. The van der Waals surface area contributed by atoms with Crippen LogP contribution in [-0.2, 0) is 20.6 Å². The largest absolute Gasteiger partial charge is 0.394 e. The number of aliphatic hydroxyl groups excluding tert-OH is 1. The van der Waals surface area contributed by atoms with Crippen molar-refractivity contribution < 1.29 is 19.3 Å². The Kier molecular flexibility index (Phi) is 8.81. The number of aliphatic hydroxyl groups is 1. The van der Waals surface area contributed by atoms with Gasteiger partial charge in [0.15, 0.2) is 5.82 Å². The highest BCUT2D eigenvalue weighted by molar-refractivity contribution is 5.52. The lowest BCUT2D eigenvalue weighted by molar-refractivity contribution is 0.00797. The lowest BCUT2D eigenvalue weighted by atomic mass is 10.2. The number of ether oxygens (including phenoxy) is 3. The van der Waals surface area contributed by atoms with Gasteiger partial charge in [0.2, 0.25) is 5.82 Å². The molecule has 0 radical (unpaired) electrons. The van der Waals surface area contributed by atoms with E-state index in [4.69, 9.17) is 19.3 Å². The second-order valence-corrected chi connectivity index (χ2v) is 4.82. The number of nitrogens with zero attached hydrogens (tertiary/aromatic N) is 4. The zero-order valence-corrected chi connectivity index (χ0v) is 13.5. The SMILES string of the molecule is OCCOCCOCCOCCc1nnc(-c2ccccc2)nn1. The molecule has 0 atom stereocenters. The van der Waals surface area contributed by atoms with Crippen LogP contribution < -0.4 is 0 Å². The molecule has 0 aliphatic carbocycles. The summed E-state index contributed by atoms with van der Waals surface area (Å²) in [5.41, 5.74) is 0.889. The second kappa shape index (κ2) is 11.5. The van der Waals surface area contributed by atoms with Crippen LogP contribution >= 0.6 is 0 Å². The maximum atomic E-state index is 8.53. The van der Waals surface area contributed by atoms with E-state index < -0.39 is 0 Å². The smallest absolute Gasteiger partial charge is 0.203 e. The van der Waals surface area contributed by atoms with Crippen LogP contribution in [0.25, 0.3) is 11.4 Å². The number of hydrogen-bond donors (Lipinski definition) is 1. The summed E-state index contributed by atoms with van der Waals surface area (Å²) < 4.78 is 15.8. The fraction of sp³-hybridized carbons (Fsp3) is 0.500. The van der Waals surface area contributed by atoms with E-state index in [0.29, 0.717) is 57.7 Å². The molecule has 24 heavy (non-hydrogen) atoms. The van der Waals surface area contributed by atoms with Crippen LogP contribution in [0.3, 0.4) is 0 Å². The maximum absolute atomic E-state index is 8.53. The average Bonchev–Trinajstić information content (AvgIpc) is 2.64.